The first-order chi connectivity index (χ1) is 8.04. The van der Waals surface area contributed by atoms with E-state index in [-0.39, 0.29) is 0 Å². The van der Waals surface area contributed by atoms with Crippen molar-refractivity contribution < 1.29 is 14.2 Å². The lowest BCUT2D eigenvalue weighted by Crippen LogP contribution is -2.11. The zero-order chi connectivity index (χ0) is 13.0. The molecule has 0 aliphatic heterocycles. The zero-order valence-corrected chi connectivity index (χ0v) is 11.6. The Morgan fingerprint density at radius 3 is 2.06 bits per heavy atom. The zero-order valence-electron chi connectivity index (χ0n) is 10.8. The molecular formula is C12H18ClNO3. The van der Waals surface area contributed by atoms with E-state index in [1.807, 2.05) is 25.1 Å². The first-order valence-electron chi connectivity index (χ1n) is 5.17. The van der Waals surface area contributed by atoms with E-state index >= 15 is 0 Å². The molecule has 96 valence electrons. The Balaban J connectivity index is 3.34. The molecular weight excluding hydrogens is 242 g/mol. The van der Waals surface area contributed by atoms with Crippen molar-refractivity contribution in [3.63, 3.8) is 0 Å². The minimum absolute atomic E-state index is 0.505. The van der Waals surface area contributed by atoms with Gasteiger partial charge in [-0.15, -0.1) is 0 Å². The fourth-order valence-electron chi connectivity index (χ4n) is 1.63. The molecule has 0 heterocycles. The lowest BCUT2D eigenvalue weighted by Gasteiger charge is -2.18. The number of ether oxygens (including phenoxy) is 3. The minimum atomic E-state index is 0.505. The average molecular weight is 260 g/mol. The van der Waals surface area contributed by atoms with E-state index in [2.05, 4.69) is 0 Å². The van der Waals surface area contributed by atoms with Crippen LogP contribution in [0.1, 0.15) is 5.56 Å². The van der Waals surface area contributed by atoms with Crippen molar-refractivity contribution in [2.75, 3.05) is 35.4 Å². The summed E-state index contributed by atoms with van der Waals surface area (Å²) in [5.74, 6) is 1.64. The third kappa shape index (κ3) is 2.96. The summed E-state index contributed by atoms with van der Waals surface area (Å²) in [6.07, 6.45) is 0. The van der Waals surface area contributed by atoms with Crippen LogP contribution >= 0.6 is 11.6 Å². The normalized spacial score (nSPS) is 10.5. The van der Waals surface area contributed by atoms with Crippen LogP contribution in [0.25, 0.3) is 0 Å². The van der Waals surface area contributed by atoms with E-state index in [9.17, 15) is 0 Å². The summed E-state index contributed by atoms with van der Waals surface area (Å²) in [4.78, 5) is 2.02. The number of hydrogen-bond donors (Lipinski definition) is 0. The van der Waals surface area contributed by atoms with Crippen molar-refractivity contribution in [1.82, 2.24) is 4.90 Å². The Kier molecular flexibility index (Phi) is 4.90. The quantitative estimate of drug-likeness (QED) is 0.813. The van der Waals surface area contributed by atoms with Crippen LogP contribution in [0.4, 0.5) is 0 Å². The summed E-state index contributed by atoms with van der Waals surface area (Å²) in [5, 5.41) is 0.554. The summed E-state index contributed by atoms with van der Waals surface area (Å²) in [5.41, 5.74) is 0.936. The van der Waals surface area contributed by atoms with Gasteiger partial charge in [0.2, 0.25) is 5.75 Å². The van der Waals surface area contributed by atoms with Crippen LogP contribution in [0.3, 0.4) is 0 Å². The van der Waals surface area contributed by atoms with Gasteiger partial charge < -0.3 is 19.1 Å². The smallest absolute Gasteiger partial charge is 0.204 e. The van der Waals surface area contributed by atoms with Gasteiger partial charge in [0.15, 0.2) is 11.5 Å². The van der Waals surface area contributed by atoms with Crippen LogP contribution in [0.15, 0.2) is 6.07 Å². The molecule has 0 saturated carbocycles. The highest BCUT2D eigenvalue weighted by Gasteiger charge is 2.19. The molecule has 0 spiro atoms. The fourth-order valence-corrected chi connectivity index (χ4v) is 1.90. The predicted octanol–water partition coefficient (Wildman–Crippen LogP) is 2.43. The summed E-state index contributed by atoms with van der Waals surface area (Å²) in [7, 11) is 8.65. The van der Waals surface area contributed by atoms with Crippen molar-refractivity contribution in [2.45, 2.75) is 6.54 Å². The number of halogens is 1. The van der Waals surface area contributed by atoms with Gasteiger partial charge in [0, 0.05) is 6.54 Å². The van der Waals surface area contributed by atoms with E-state index in [1.165, 1.54) is 0 Å². The van der Waals surface area contributed by atoms with Crippen LogP contribution in [0.5, 0.6) is 17.2 Å². The topological polar surface area (TPSA) is 30.9 Å². The highest BCUT2D eigenvalue weighted by Crippen LogP contribution is 2.44. The minimum Gasteiger partial charge on any atom is -0.493 e. The summed E-state index contributed by atoms with van der Waals surface area (Å²) in [6.45, 7) is 0.704. The number of rotatable bonds is 5. The molecule has 0 fully saturated rings. The van der Waals surface area contributed by atoms with Crippen molar-refractivity contribution in [3.05, 3.63) is 16.7 Å². The van der Waals surface area contributed by atoms with Crippen molar-refractivity contribution >= 4 is 11.6 Å². The molecule has 0 saturated heterocycles. The van der Waals surface area contributed by atoms with Crippen LogP contribution in [-0.2, 0) is 6.54 Å². The number of nitrogens with zero attached hydrogens (tertiary/aromatic N) is 1. The molecule has 0 N–H and O–H groups in total. The van der Waals surface area contributed by atoms with Gasteiger partial charge in [-0.2, -0.15) is 0 Å². The van der Waals surface area contributed by atoms with Crippen LogP contribution in [-0.4, -0.2) is 40.3 Å². The molecule has 5 heteroatoms. The molecule has 1 aromatic carbocycles. The molecule has 17 heavy (non-hydrogen) atoms. The molecule has 0 aliphatic rings. The van der Waals surface area contributed by atoms with E-state index in [4.69, 9.17) is 25.8 Å². The molecule has 0 radical (unpaired) electrons. The molecule has 0 unspecified atom stereocenters. The molecule has 1 rings (SSSR count). The highest BCUT2D eigenvalue weighted by molar-refractivity contribution is 6.33. The predicted molar refractivity (Wildman–Crippen MR) is 68.5 cm³/mol. The van der Waals surface area contributed by atoms with Crippen LogP contribution in [0, 0.1) is 0 Å². The maximum absolute atomic E-state index is 6.28. The Morgan fingerprint density at radius 2 is 1.65 bits per heavy atom. The van der Waals surface area contributed by atoms with Gasteiger partial charge in [0.05, 0.1) is 26.4 Å². The Bertz CT molecular complexity index is 394. The SMILES string of the molecule is COc1cc(CN(C)C)c(Cl)c(OC)c1OC. The maximum Gasteiger partial charge on any atom is 0.204 e. The third-order valence-electron chi connectivity index (χ3n) is 2.33. The fraction of sp³-hybridized carbons (Fsp3) is 0.500. The highest BCUT2D eigenvalue weighted by atomic mass is 35.5. The first kappa shape index (κ1) is 13.9. The van der Waals surface area contributed by atoms with Crippen LogP contribution in [0.2, 0.25) is 5.02 Å². The van der Waals surface area contributed by atoms with Gasteiger partial charge in [0.25, 0.3) is 0 Å². The van der Waals surface area contributed by atoms with E-state index in [0.717, 1.165) is 5.56 Å². The Hall–Kier alpha value is -1.13. The summed E-state index contributed by atoms with van der Waals surface area (Å²) < 4.78 is 15.8. The van der Waals surface area contributed by atoms with E-state index in [1.54, 1.807) is 21.3 Å². The van der Waals surface area contributed by atoms with Gasteiger partial charge in [-0.3, -0.25) is 0 Å². The number of hydrogen-bond acceptors (Lipinski definition) is 4. The van der Waals surface area contributed by atoms with Gasteiger partial charge in [-0.25, -0.2) is 0 Å². The van der Waals surface area contributed by atoms with E-state index in [0.29, 0.717) is 28.8 Å². The Morgan fingerprint density at radius 1 is 1.06 bits per heavy atom. The monoisotopic (exact) mass is 259 g/mol. The molecule has 0 amide bonds. The molecule has 0 aromatic heterocycles. The first-order valence-corrected chi connectivity index (χ1v) is 5.55. The second-order valence-electron chi connectivity index (χ2n) is 3.86. The molecule has 0 aliphatic carbocycles. The van der Waals surface area contributed by atoms with Gasteiger partial charge in [0.1, 0.15) is 0 Å². The third-order valence-corrected chi connectivity index (χ3v) is 2.75. The summed E-state index contributed by atoms with van der Waals surface area (Å²) in [6, 6.07) is 1.86. The van der Waals surface area contributed by atoms with Gasteiger partial charge in [-0.1, -0.05) is 11.6 Å². The number of benzene rings is 1. The molecule has 1 aromatic rings. The van der Waals surface area contributed by atoms with Crippen molar-refractivity contribution in [2.24, 2.45) is 0 Å². The molecule has 4 nitrogen and oxygen atoms in total. The lowest BCUT2D eigenvalue weighted by atomic mass is 10.1. The van der Waals surface area contributed by atoms with Gasteiger partial charge >= 0.3 is 0 Å². The summed E-state index contributed by atoms with van der Waals surface area (Å²) >= 11 is 6.28. The van der Waals surface area contributed by atoms with Crippen molar-refractivity contribution in [3.8, 4) is 17.2 Å². The standard InChI is InChI=1S/C12H18ClNO3/c1-14(2)7-8-6-9(15-3)11(16-4)12(17-5)10(8)13/h6H,7H2,1-5H3. The number of methoxy groups -OCH3 is 3. The lowest BCUT2D eigenvalue weighted by molar-refractivity contribution is 0.322. The molecule has 0 bridgehead atoms. The van der Waals surface area contributed by atoms with E-state index < -0.39 is 0 Å². The Labute approximate surface area is 107 Å². The van der Waals surface area contributed by atoms with Crippen LogP contribution < -0.4 is 14.2 Å². The molecule has 0 atom stereocenters. The van der Waals surface area contributed by atoms with Gasteiger partial charge in [-0.05, 0) is 25.7 Å². The second-order valence-corrected chi connectivity index (χ2v) is 4.23. The second kappa shape index (κ2) is 5.98. The maximum atomic E-state index is 6.28. The largest absolute Gasteiger partial charge is 0.493 e. The average Bonchev–Trinajstić information content (AvgIpc) is 2.30. The van der Waals surface area contributed by atoms with Crippen molar-refractivity contribution in [1.29, 1.82) is 0 Å².